The minimum atomic E-state index is 0.0689. The maximum absolute atomic E-state index is 11.8. The van der Waals surface area contributed by atoms with Gasteiger partial charge in [-0.25, -0.2) is 4.79 Å². The largest absolute Gasteiger partial charge is 0.336 e. The first-order chi connectivity index (χ1) is 7.04. The zero-order valence-corrected chi connectivity index (χ0v) is 10.8. The van der Waals surface area contributed by atoms with E-state index in [1.165, 1.54) is 0 Å². The maximum atomic E-state index is 11.8. The van der Waals surface area contributed by atoms with Crippen LogP contribution in [0.5, 0.6) is 0 Å². The minimum Gasteiger partial charge on any atom is -0.336 e. The first-order valence-electron chi connectivity index (χ1n) is 6.10. The molecule has 90 valence electrons. The van der Waals surface area contributed by atoms with Gasteiger partial charge in [0, 0.05) is 19.1 Å². The Bertz CT molecular complexity index is 176. The molecule has 0 aliphatic heterocycles. The maximum Gasteiger partial charge on any atom is 0.317 e. The molecule has 0 aromatic rings. The number of nitrogens with zero attached hydrogens (tertiary/aromatic N) is 1. The zero-order chi connectivity index (χ0) is 11.8. The van der Waals surface area contributed by atoms with E-state index in [0.717, 1.165) is 25.9 Å². The molecule has 0 fully saturated rings. The molecule has 0 aromatic heterocycles. The number of nitrogens with one attached hydrogen (secondary N) is 1. The number of carbonyl (C=O) groups is 1. The summed E-state index contributed by atoms with van der Waals surface area (Å²) in [4.78, 5) is 13.7. The van der Waals surface area contributed by atoms with Crippen LogP contribution >= 0.6 is 0 Å². The van der Waals surface area contributed by atoms with E-state index in [1.807, 2.05) is 25.7 Å². The molecule has 2 amide bonds. The van der Waals surface area contributed by atoms with Crippen molar-refractivity contribution >= 4 is 6.03 Å². The Balaban J connectivity index is 4.16. The minimum absolute atomic E-state index is 0.0689. The van der Waals surface area contributed by atoms with Crippen molar-refractivity contribution < 1.29 is 4.79 Å². The third-order valence-electron chi connectivity index (χ3n) is 2.71. The Morgan fingerprint density at radius 2 is 1.73 bits per heavy atom. The molecule has 0 saturated heterocycles. The molecule has 0 heterocycles. The van der Waals surface area contributed by atoms with Crippen LogP contribution in [-0.2, 0) is 0 Å². The lowest BCUT2D eigenvalue weighted by Gasteiger charge is -2.26. The smallest absolute Gasteiger partial charge is 0.317 e. The van der Waals surface area contributed by atoms with Crippen LogP contribution in [0.15, 0.2) is 0 Å². The van der Waals surface area contributed by atoms with Gasteiger partial charge in [0.25, 0.3) is 0 Å². The second kappa shape index (κ2) is 7.55. The van der Waals surface area contributed by atoms with Crippen LogP contribution in [0.3, 0.4) is 0 Å². The number of amides is 2. The number of hydrogen-bond donors (Lipinski definition) is 1. The van der Waals surface area contributed by atoms with Gasteiger partial charge >= 0.3 is 6.03 Å². The Hall–Kier alpha value is -0.730. The summed E-state index contributed by atoms with van der Waals surface area (Å²) in [5.41, 5.74) is 0. The van der Waals surface area contributed by atoms with Crippen molar-refractivity contribution in [1.82, 2.24) is 10.2 Å². The molecular formula is C12H26N2O. The molecule has 0 spiro atoms. The van der Waals surface area contributed by atoms with Gasteiger partial charge in [0.05, 0.1) is 0 Å². The molecule has 0 aliphatic carbocycles. The van der Waals surface area contributed by atoms with Crippen molar-refractivity contribution in [3.63, 3.8) is 0 Å². The van der Waals surface area contributed by atoms with Gasteiger partial charge in [0.1, 0.15) is 0 Å². The highest BCUT2D eigenvalue weighted by Crippen LogP contribution is 2.09. The monoisotopic (exact) mass is 214 g/mol. The summed E-state index contributed by atoms with van der Waals surface area (Å²) in [7, 11) is 0. The number of urea groups is 1. The molecule has 3 nitrogen and oxygen atoms in total. The SMILES string of the molecule is CCC(CC)CN(CC)C(=O)NC(C)C. The van der Waals surface area contributed by atoms with E-state index in [1.54, 1.807) is 0 Å². The third-order valence-corrected chi connectivity index (χ3v) is 2.71. The van der Waals surface area contributed by atoms with Crippen LogP contribution in [0.4, 0.5) is 4.79 Å². The molecule has 0 saturated carbocycles. The topological polar surface area (TPSA) is 32.3 Å². The summed E-state index contributed by atoms with van der Waals surface area (Å²) in [5.74, 6) is 0.628. The van der Waals surface area contributed by atoms with Crippen LogP contribution in [-0.4, -0.2) is 30.1 Å². The van der Waals surface area contributed by atoms with Crippen molar-refractivity contribution in [3.8, 4) is 0 Å². The molecule has 1 N–H and O–H groups in total. The van der Waals surface area contributed by atoms with Crippen LogP contribution in [0.25, 0.3) is 0 Å². The van der Waals surface area contributed by atoms with Crippen LogP contribution in [0.2, 0.25) is 0 Å². The highest BCUT2D eigenvalue weighted by atomic mass is 16.2. The molecule has 3 heteroatoms. The first-order valence-corrected chi connectivity index (χ1v) is 6.10. The summed E-state index contributed by atoms with van der Waals surface area (Å²) >= 11 is 0. The van der Waals surface area contributed by atoms with E-state index in [4.69, 9.17) is 0 Å². The van der Waals surface area contributed by atoms with Crippen molar-refractivity contribution in [3.05, 3.63) is 0 Å². The van der Waals surface area contributed by atoms with Gasteiger partial charge in [-0.1, -0.05) is 26.7 Å². The second-order valence-electron chi connectivity index (χ2n) is 4.33. The zero-order valence-electron chi connectivity index (χ0n) is 10.8. The predicted molar refractivity (Wildman–Crippen MR) is 65.0 cm³/mol. The van der Waals surface area contributed by atoms with E-state index in [-0.39, 0.29) is 12.1 Å². The van der Waals surface area contributed by atoms with Gasteiger partial charge in [-0.15, -0.1) is 0 Å². The summed E-state index contributed by atoms with van der Waals surface area (Å²) < 4.78 is 0. The number of hydrogen-bond acceptors (Lipinski definition) is 1. The Morgan fingerprint density at radius 3 is 2.07 bits per heavy atom. The fourth-order valence-electron chi connectivity index (χ4n) is 1.55. The van der Waals surface area contributed by atoms with Gasteiger partial charge in [0.15, 0.2) is 0 Å². The normalized spacial score (nSPS) is 10.9. The van der Waals surface area contributed by atoms with Crippen LogP contribution in [0.1, 0.15) is 47.5 Å². The third kappa shape index (κ3) is 5.65. The molecule has 0 rings (SSSR count). The van der Waals surface area contributed by atoms with Gasteiger partial charge in [-0.05, 0) is 26.7 Å². The molecule has 0 aromatic carbocycles. The van der Waals surface area contributed by atoms with Crippen LogP contribution < -0.4 is 5.32 Å². The summed E-state index contributed by atoms with van der Waals surface area (Å²) in [6.07, 6.45) is 2.28. The van der Waals surface area contributed by atoms with Gasteiger partial charge in [-0.3, -0.25) is 0 Å². The lowest BCUT2D eigenvalue weighted by Crippen LogP contribution is -2.44. The highest BCUT2D eigenvalue weighted by Gasteiger charge is 2.15. The lowest BCUT2D eigenvalue weighted by atomic mass is 10.0. The van der Waals surface area contributed by atoms with Crippen LogP contribution in [0, 0.1) is 5.92 Å². The predicted octanol–water partition coefficient (Wildman–Crippen LogP) is 2.86. The number of rotatable bonds is 6. The molecule has 0 unspecified atom stereocenters. The fraction of sp³-hybridized carbons (Fsp3) is 0.917. The number of carbonyl (C=O) groups excluding carboxylic acids is 1. The van der Waals surface area contributed by atoms with E-state index < -0.39 is 0 Å². The summed E-state index contributed by atoms with van der Waals surface area (Å²) in [6, 6.07) is 0.285. The standard InChI is InChI=1S/C12H26N2O/c1-6-11(7-2)9-14(8-3)12(15)13-10(4)5/h10-11H,6-9H2,1-5H3,(H,13,15). The van der Waals surface area contributed by atoms with Crippen molar-refractivity contribution in [2.45, 2.75) is 53.5 Å². The quantitative estimate of drug-likeness (QED) is 0.724. The van der Waals surface area contributed by atoms with Gasteiger partial charge in [-0.2, -0.15) is 0 Å². The molecule has 0 radical (unpaired) electrons. The van der Waals surface area contributed by atoms with E-state index >= 15 is 0 Å². The Kier molecular flexibility index (Phi) is 7.18. The van der Waals surface area contributed by atoms with Gasteiger partial charge in [0.2, 0.25) is 0 Å². The van der Waals surface area contributed by atoms with Gasteiger partial charge < -0.3 is 10.2 Å². The summed E-state index contributed by atoms with van der Waals surface area (Å²) in [5, 5.41) is 2.93. The summed E-state index contributed by atoms with van der Waals surface area (Å²) in [6.45, 7) is 12.0. The Morgan fingerprint density at radius 1 is 1.20 bits per heavy atom. The molecule has 15 heavy (non-hydrogen) atoms. The fourth-order valence-corrected chi connectivity index (χ4v) is 1.55. The van der Waals surface area contributed by atoms with E-state index in [0.29, 0.717) is 5.92 Å². The average molecular weight is 214 g/mol. The first kappa shape index (κ1) is 14.3. The van der Waals surface area contributed by atoms with Crippen molar-refractivity contribution in [2.24, 2.45) is 5.92 Å². The molecule has 0 aliphatic rings. The average Bonchev–Trinajstić information content (AvgIpc) is 2.18. The van der Waals surface area contributed by atoms with E-state index in [9.17, 15) is 4.79 Å². The van der Waals surface area contributed by atoms with E-state index in [2.05, 4.69) is 19.2 Å². The molecular weight excluding hydrogens is 188 g/mol. The van der Waals surface area contributed by atoms with Crippen molar-refractivity contribution in [2.75, 3.05) is 13.1 Å². The lowest BCUT2D eigenvalue weighted by molar-refractivity contribution is 0.186. The Labute approximate surface area is 94.2 Å². The highest BCUT2D eigenvalue weighted by molar-refractivity contribution is 5.74. The second-order valence-corrected chi connectivity index (χ2v) is 4.33. The molecule has 0 bridgehead atoms. The molecule has 0 atom stereocenters. The van der Waals surface area contributed by atoms with Crippen molar-refractivity contribution in [1.29, 1.82) is 0 Å².